The lowest BCUT2D eigenvalue weighted by molar-refractivity contribution is -0.140. The summed E-state index contributed by atoms with van der Waals surface area (Å²) in [6, 6.07) is 14.7. The van der Waals surface area contributed by atoms with E-state index in [4.69, 9.17) is 11.6 Å². The smallest absolute Gasteiger partial charge is 0.233 e. The van der Waals surface area contributed by atoms with Gasteiger partial charge in [-0.3, -0.25) is 14.5 Å². The third-order valence-corrected chi connectivity index (χ3v) is 8.18. The van der Waals surface area contributed by atoms with Gasteiger partial charge in [0.25, 0.3) is 0 Å². The van der Waals surface area contributed by atoms with Crippen molar-refractivity contribution in [2.45, 2.75) is 52.1 Å². The van der Waals surface area contributed by atoms with Crippen LogP contribution in [0.3, 0.4) is 0 Å². The van der Waals surface area contributed by atoms with Crippen molar-refractivity contribution >= 4 is 35.1 Å². The van der Waals surface area contributed by atoms with E-state index in [1.165, 1.54) is 11.0 Å². The Morgan fingerprint density at radius 3 is 2.50 bits per heavy atom. The van der Waals surface area contributed by atoms with Gasteiger partial charge in [0.2, 0.25) is 11.8 Å². The summed E-state index contributed by atoms with van der Waals surface area (Å²) in [7, 11) is 0. The second kappa shape index (κ2) is 12.3. The van der Waals surface area contributed by atoms with Crippen LogP contribution in [0.25, 0.3) is 11.6 Å². The number of carbonyl (C=O) groups is 2. The van der Waals surface area contributed by atoms with Crippen LogP contribution >= 0.6 is 11.6 Å². The van der Waals surface area contributed by atoms with Crippen molar-refractivity contribution in [3.05, 3.63) is 75.8 Å². The molecule has 0 radical (unpaired) electrons. The predicted octanol–water partition coefficient (Wildman–Crippen LogP) is 5.46. The number of hydrogen-bond acceptors (Lipinski definition) is 5. The molecule has 1 fully saturated rings. The highest BCUT2D eigenvalue weighted by Gasteiger charge is 2.54. The van der Waals surface area contributed by atoms with Crippen molar-refractivity contribution < 1.29 is 24.9 Å². The fraction of sp³-hybridized carbons (Fsp3) is 0.419. The molecule has 2 aromatic rings. The number of phenolic OH excluding ortho intramolecular Hbond substituents is 1. The first-order chi connectivity index (χ1) is 18.3. The molecule has 0 bridgehead atoms. The van der Waals surface area contributed by atoms with Gasteiger partial charge in [-0.2, -0.15) is 0 Å². The SMILES string of the molecule is CCCN1C(=O)[C@@H]2[C@@H](CC(CC)=C([C@H](O)CC/C(=C/c3ccc(O)cc3Cl)c3ccccc3)[C@@H]2CO)C1=O. The minimum absolute atomic E-state index is 0.0888. The highest BCUT2D eigenvalue weighted by atomic mass is 35.5. The first kappa shape index (κ1) is 28.1. The molecule has 0 spiro atoms. The number of aromatic hydroxyl groups is 1. The number of fused-ring (bicyclic) bond motifs is 1. The highest BCUT2D eigenvalue weighted by molar-refractivity contribution is 6.32. The molecule has 6 nitrogen and oxygen atoms in total. The van der Waals surface area contributed by atoms with Gasteiger partial charge in [0.1, 0.15) is 5.75 Å². The molecule has 7 heteroatoms. The molecule has 2 aromatic carbocycles. The van der Waals surface area contributed by atoms with Crippen LogP contribution in [0.4, 0.5) is 0 Å². The quantitative estimate of drug-likeness (QED) is 0.212. The van der Waals surface area contributed by atoms with Crippen LogP contribution in [0.2, 0.25) is 5.02 Å². The van der Waals surface area contributed by atoms with E-state index in [1.807, 2.05) is 50.3 Å². The molecular weight excluding hydrogens is 502 g/mol. The Morgan fingerprint density at radius 1 is 1.13 bits per heavy atom. The molecule has 2 aliphatic rings. The Hall–Kier alpha value is -2.93. The third-order valence-electron chi connectivity index (χ3n) is 7.85. The van der Waals surface area contributed by atoms with E-state index in [1.54, 1.807) is 12.1 Å². The van der Waals surface area contributed by atoms with Crippen molar-refractivity contribution in [3.63, 3.8) is 0 Å². The van der Waals surface area contributed by atoms with Crippen LogP contribution < -0.4 is 0 Å². The number of imide groups is 1. The summed E-state index contributed by atoms with van der Waals surface area (Å²) in [5, 5.41) is 32.1. The van der Waals surface area contributed by atoms with Crippen molar-refractivity contribution in [1.82, 2.24) is 4.90 Å². The minimum atomic E-state index is -0.867. The number of carbonyl (C=O) groups excluding carboxylic acids is 2. The normalized spacial score (nSPS) is 22.7. The molecule has 0 unspecified atom stereocenters. The fourth-order valence-corrected chi connectivity index (χ4v) is 6.26. The molecule has 4 rings (SSSR count). The van der Waals surface area contributed by atoms with Gasteiger partial charge in [0.15, 0.2) is 0 Å². The fourth-order valence-electron chi connectivity index (χ4n) is 6.03. The summed E-state index contributed by atoms with van der Waals surface area (Å²) < 4.78 is 0. The van der Waals surface area contributed by atoms with Gasteiger partial charge in [-0.15, -0.1) is 0 Å². The number of phenols is 1. The molecule has 0 saturated carbocycles. The van der Waals surface area contributed by atoms with Gasteiger partial charge < -0.3 is 15.3 Å². The summed E-state index contributed by atoms with van der Waals surface area (Å²) in [5.74, 6) is -1.96. The summed E-state index contributed by atoms with van der Waals surface area (Å²) in [6.45, 7) is 4.01. The molecule has 0 aromatic heterocycles. The van der Waals surface area contributed by atoms with Crippen LogP contribution in [0.1, 0.15) is 57.1 Å². The number of allylic oxidation sites excluding steroid dienone is 2. The maximum atomic E-state index is 13.2. The molecule has 4 atom stereocenters. The van der Waals surface area contributed by atoms with E-state index >= 15 is 0 Å². The Bertz CT molecular complexity index is 1240. The van der Waals surface area contributed by atoms with Crippen LogP contribution in [0, 0.1) is 17.8 Å². The van der Waals surface area contributed by atoms with Crippen LogP contribution in [0.15, 0.2) is 59.7 Å². The third kappa shape index (κ3) is 5.58. The van der Waals surface area contributed by atoms with E-state index in [0.717, 1.165) is 22.3 Å². The van der Waals surface area contributed by atoms with E-state index in [-0.39, 0.29) is 24.2 Å². The van der Waals surface area contributed by atoms with E-state index in [0.29, 0.717) is 49.2 Å². The number of halogens is 1. The lowest BCUT2D eigenvalue weighted by atomic mass is 9.67. The van der Waals surface area contributed by atoms with Crippen LogP contribution in [0.5, 0.6) is 5.75 Å². The van der Waals surface area contributed by atoms with E-state index in [9.17, 15) is 24.9 Å². The molecule has 38 heavy (non-hydrogen) atoms. The molecule has 202 valence electrons. The van der Waals surface area contributed by atoms with Gasteiger partial charge in [0.05, 0.1) is 29.6 Å². The van der Waals surface area contributed by atoms with Crippen molar-refractivity contribution in [2.75, 3.05) is 13.2 Å². The summed E-state index contributed by atoms with van der Waals surface area (Å²) in [6.07, 6.45) is 3.76. The number of likely N-dealkylation sites (tertiary alicyclic amines) is 1. The average molecular weight is 538 g/mol. The summed E-state index contributed by atoms with van der Waals surface area (Å²) in [5.41, 5.74) is 4.38. The zero-order chi connectivity index (χ0) is 27.4. The van der Waals surface area contributed by atoms with Gasteiger partial charge in [0, 0.05) is 12.5 Å². The highest BCUT2D eigenvalue weighted by Crippen LogP contribution is 2.47. The predicted molar refractivity (Wildman–Crippen MR) is 149 cm³/mol. The van der Waals surface area contributed by atoms with Crippen LogP contribution in [-0.2, 0) is 9.59 Å². The zero-order valence-electron chi connectivity index (χ0n) is 21.9. The number of aliphatic hydroxyl groups excluding tert-OH is 2. The molecule has 1 saturated heterocycles. The Morgan fingerprint density at radius 2 is 1.87 bits per heavy atom. The number of aliphatic hydroxyl groups is 2. The number of nitrogens with zero attached hydrogens (tertiary/aromatic N) is 1. The lowest BCUT2D eigenvalue weighted by Gasteiger charge is -2.36. The van der Waals surface area contributed by atoms with Gasteiger partial charge in [-0.1, -0.05) is 61.4 Å². The second-order valence-corrected chi connectivity index (χ2v) is 10.6. The topological polar surface area (TPSA) is 98.1 Å². The zero-order valence-corrected chi connectivity index (χ0v) is 22.7. The summed E-state index contributed by atoms with van der Waals surface area (Å²) >= 11 is 6.38. The minimum Gasteiger partial charge on any atom is -0.508 e. The first-order valence-corrected chi connectivity index (χ1v) is 13.8. The number of benzene rings is 2. The molecular formula is C31H36ClNO5. The van der Waals surface area contributed by atoms with Crippen LogP contribution in [-0.4, -0.2) is 51.3 Å². The Kier molecular flexibility index (Phi) is 9.08. The molecule has 1 aliphatic carbocycles. The average Bonchev–Trinajstić information content (AvgIpc) is 3.16. The van der Waals surface area contributed by atoms with Crippen molar-refractivity contribution in [1.29, 1.82) is 0 Å². The Labute approximate surface area is 229 Å². The van der Waals surface area contributed by atoms with E-state index in [2.05, 4.69) is 0 Å². The Balaban J connectivity index is 1.63. The maximum Gasteiger partial charge on any atom is 0.233 e. The summed E-state index contributed by atoms with van der Waals surface area (Å²) in [4.78, 5) is 27.6. The lowest BCUT2D eigenvalue weighted by Crippen LogP contribution is -2.39. The number of rotatable bonds is 10. The monoisotopic (exact) mass is 537 g/mol. The van der Waals surface area contributed by atoms with Gasteiger partial charge >= 0.3 is 0 Å². The standard InChI is InChI=1S/C31H36ClNO5/c1-3-14-33-30(37)24-16-19(4-2)28(25(18-34)29(24)31(33)38)27(36)13-11-21(20-8-6-5-7-9-20)15-22-10-12-23(35)17-26(22)32/h5-10,12,15,17,24-25,27,29,34-36H,3-4,11,13-14,16,18H2,1-2H3/b21-15-/t24-,25+,27-,29-/m1/s1. The molecule has 2 amide bonds. The molecule has 3 N–H and O–H groups in total. The van der Waals surface area contributed by atoms with E-state index < -0.39 is 23.9 Å². The number of amides is 2. The number of hydrogen-bond donors (Lipinski definition) is 3. The largest absolute Gasteiger partial charge is 0.508 e. The second-order valence-electron chi connectivity index (χ2n) is 10.2. The van der Waals surface area contributed by atoms with Crippen molar-refractivity contribution in [2.24, 2.45) is 17.8 Å². The van der Waals surface area contributed by atoms with Crippen molar-refractivity contribution in [3.8, 4) is 5.75 Å². The van der Waals surface area contributed by atoms with Gasteiger partial charge in [-0.25, -0.2) is 0 Å². The first-order valence-electron chi connectivity index (χ1n) is 13.4. The van der Waals surface area contributed by atoms with Gasteiger partial charge in [-0.05, 0) is 78.7 Å². The molecule has 1 heterocycles. The maximum absolute atomic E-state index is 13.2. The molecule has 1 aliphatic heterocycles.